The SMILES string of the molecule is NCCCCc1c(-c2cccc(I)c2)[nH]c2ccc(Oc3ccccc3)cc12. The fraction of sp³-hybridized carbons (Fsp3) is 0.167. The fourth-order valence-corrected chi connectivity index (χ4v) is 4.05. The second-order valence-corrected chi connectivity index (χ2v) is 8.10. The van der Waals surface area contributed by atoms with Gasteiger partial charge in [-0.2, -0.15) is 0 Å². The second-order valence-electron chi connectivity index (χ2n) is 6.86. The average molecular weight is 482 g/mol. The first-order valence-electron chi connectivity index (χ1n) is 9.58. The summed E-state index contributed by atoms with van der Waals surface area (Å²) in [5, 5.41) is 1.22. The Morgan fingerprint density at radius 2 is 1.71 bits per heavy atom. The van der Waals surface area contributed by atoms with Crippen molar-refractivity contribution in [1.29, 1.82) is 0 Å². The Kier molecular flexibility index (Phi) is 5.98. The molecule has 0 saturated carbocycles. The number of nitrogens with two attached hydrogens (primary N) is 1. The molecular weight excluding hydrogens is 459 g/mol. The molecule has 4 rings (SSSR count). The van der Waals surface area contributed by atoms with Gasteiger partial charge in [0.05, 0.1) is 0 Å². The summed E-state index contributed by atoms with van der Waals surface area (Å²) in [6, 6.07) is 24.8. The Hall–Kier alpha value is -2.31. The van der Waals surface area contributed by atoms with Crippen molar-refractivity contribution < 1.29 is 4.74 Å². The number of aromatic amines is 1. The van der Waals surface area contributed by atoms with Crippen molar-refractivity contribution >= 4 is 33.5 Å². The minimum atomic E-state index is 0.725. The summed E-state index contributed by atoms with van der Waals surface area (Å²) in [7, 11) is 0. The van der Waals surface area contributed by atoms with Crippen LogP contribution in [0.1, 0.15) is 18.4 Å². The zero-order valence-corrected chi connectivity index (χ0v) is 17.8. The molecule has 3 aromatic carbocycles. The molecule has 0 fully saturated rings. The molecule has 0 spiro atoms. The van der Waals surface area contributed by atoms with Gasteiger partial charge in [-0.05, 0) is 102 Å². The van der Waals surface area contributed by atoms with E-state index in [0.29, 0.717) is 0 Å². The van der Waals surface area contributed by atoms with Crippen molar-refractivity contribution in [2.45, 2.75) is 19.3 Å². The first-order valence-corrected chi connectivity index (χ1v) is 10.7. The summed E-state index contributed by atoms with van der Waals surface area (Å²) in [5.74, 6) is 1.70. The van der Waals surface area contributed by atoms with E-state index in [0.717, 1.165) is 42.8 Å². The van der Waals surface area contributed by atoms with Crippen molar-refractivity contribution in [3.05, 3.63) is 81.9 Å². The molecule has 0 aliphatic heterocycles. The molecule has 3 N–H and O–H groups in total. The molecule has 0 atom stereocenters. The number of para-hydroxylation sites is 1. The number of fused-ring (bicyclic) bond motifs is 1. The molecule has 3 nitrogen and oxygen atoms in total. The number of halogens is 1. The Morgan fingerprint density at radius 1 is 0.857 bits per heavy atom. The third-order valence-corrected chi connectivity index (χ3v) is 5.52. The van der Waals surface area contributed by atoms with Crippen LogP contribution in [0.25, 0.3) is 22.2 Å². The number of unbranched alkanes of at least 4 members (excludes halogenated alkanes) is 1. The quantitative estimate of drug-likeness (QED) is 0.233. The van der Waals surface area contributed by atoms with Crippen LogP contribution >= 0.6 is 22.6 Å². The first-order chi connectivity index (χ1) is 13.7. The minimum absolute atomic E-state index is 0.725. The molecule has 1 heterocycles. The highest BCUT2D eigenvalue weighted by Gasteiger charge is 2.14. The maximum atomic E-state index is 6.07. The van der Waals surface area contributed by atoms with Gasteiger partial charge in [0.2, 0.25) is 0 Å². The molecule has 0 unspecified atom stereocenters. The molecule has 0 bridgehead atoms. The van der Waals surface area contributed by atoms with Crippen LogP contribution < -0.4 is 10.5 Å². The summed E-state index contributed by atoms with van der Waals surface area (Å²) in [5.41, 5.74) is 10.6. The summed E-state index contributed by atoms with van der Waals surface area (Å²) in [6.07, 6.45) is 3.09. The van der Waals surface area contributed by atoms with E-state index >= 15 is 0 Å². The van der Waals surface area contributed by atoms with Crippen molar-refractivity contribution in [3.63, 3.8) is 0 Å². The van der Waals surface area contributed by atoms with Gasteiger partial charge in [-0.1, -0.05) is 30.3 Å². The molecule has 142 valence electrons. The van der Waals surface area contributed by atoms with Crippen LogP contribution in [0.3, 0.4) is 0 Å². The number of hydrogen-bond donors (Lipinski definition) is 2. The summed E-state index contributed by atoms with van der Waals surface area (Å²) in [4.78, 5) is 3.64. The highest BCUT2D eigenvalue weighted by atomic mass is 127. The third-order valence-electron chi connectivity index (χ3n) is 4.85. The van der Waals surface area contributed by atoms with Gasteiger partial charge in [-0.25, -0.2) is 0 Å². The number of nitrogens with one attached hydrogen (secondary N) is 1. The molecule has 0 amide bonds. The van der Waals surface area contributed by atoms with Crippen LogP contribution in [0.15, 0.2) is 72.8 Å². The maximum absolute atomic E-state index is 6.07. The molecule has 4 heteroatoms. The highest BCUT2D eigenvalue weighted by Crippen LogP contribution is 2.35. The number of rotatable bonds is 7. The first kappa shape index (κ1) is 19.0. The van der Waals surface area contributed by atoms with E-state index in [1.807, 2.05) is 36.4 Å². The van der Waals surface area contributed by atoms with E-state index in [1.54, 1.807) is 0 Å². The van der Waals surface area contributed by atoms with Crippen molar-refractivity contribution in [2.75, 3.05) is 6.54 Å². The largest absolute Gasteiger partial charge is 0.457 e. The molecule has 1 aromatic heterocycles. The van der Waals surface area contributed by atoms with Gasteiger partial charge in [0.1, 0.15) is 11.5 Å². The number of aromatic nitrogens is 1. The van der Waals surface area contributed by atoms with E-state index in [4.69, 9.17) is 10.5 Å². The van der Waals surface area contributed by atoms with Gasteiger partial charge < -0.3 is 15.5 Å². The zero-order valence-electron chi connectivity index (χ0n) is 15.6. The lowest BCUT2D eigenvalue weighted by Gasteiger charge is -2.07. The standard InChI is InChI=1S/C24H23IN2O/c25-18-8-6-7-17(15-18)24-21(11-4-5-14-26)22-16-20(12-13-23(22)27-24)28-19-9-2-1-3-10-19/h1-3,6-10,12-13,15-16,27H,4-5,11,14,26H2. The number of hydrogen-bond acceptors (Lipinski definition) is 2. The molecule has 28 heavy (non-hydrogen) atoms. The van der Waals surface area contributed by atoms with Crippen LogP contribution in [-0.2, 0) is 6.42 Å². The van der Waals surface area contributed by atoms with Crippen molar-refractivity contribution in [2.24, 2.45) is 5.73 Å². The summed E-state index contributed by atoms with van der Waals surface area (Å²) < 4.78 is 7.30. The van der Waals surface area contributed by atoms with Crippen LogP contribution in [0, 0.1) is 3.57 Å². The predicted octanol–water partition coefficient (Wildman–Crippen LogP) is 6.51. The third kappa shape index (κ3) is 4.23. The number of ether oxygens (including phenoxy) is 1. The van der Waals surface area contributed by atoms with Crippen molar-refractivity contribution in [3.8, 4) is 22.8 Å². The van der Waals surface area contributed by atoms with E-state index in [9.17, 15) is 0 Å². The van der Waals surface area contributed by atoms with Crippen LogP contribution in [0.4, 0.5) is 0 Å². The van der Waals surface area contributed by atoms with Gasteiger partial charge >= 0.3 is 0 Å². The Bertz CT molecular complexity index is 1070. The van der Waals surface area contributed by atoms with E-state index in [2.05, 4.69) is 64.0 Å². The normalized spacial score (nSPS) is 11.1. The maximum Gasteiger partial charge on any atom is 0.128 e. The van der Waals surface area contributed by atoms with Crippen LogP contribution in [-0.4, -0.2) is 11.5 Å². The average Bonchev–Trinajstić information content (AvgIpc) is 3.07. The van der Waals surface area contributed by atoms with E-state index < -0.39 is 0 Å². The number of benzene rings is 3. The molecule has 0 aliphatic rings. The van der Waals surface area contributed by atoms with E-state index in [-0.39, 0.29) is 0 Å². The van der Waals surface area contributed by atoms with Crippen molar-refractivity contribution in [1.82, 2.24) is 4.98 Å². The van der Waals surface area contributed by atoms with Crippen LogP contribution in [0.2, 0.25) is 0 Å². The Labute approximate surface area is 179 Å². The predicted molar refractivity (Wildman–Crippen MR) is 125 cm³/mol. The monoisotopic (exact) mass is 482 g/mol. The Balaban J connectivity index is 1.77. The summed E-state index contributed by atoms with van der Waals surface area (Å²) in [6.45, 7) is 0.725. The molecule has 0 aliphatic carbocycles. The number of H-pyrrole nitrogens is 1. The molecule has 4 aromatic rings. The number of aryl methyl sites for hydroxylation is 1. The molecular formula is C24H23IN2O. The van der Waals surface area contributed by atoms with Crippen LogP contribution in [0.5, 0.6) is 11.5 Å². The van der Waals surface area contributed by atoms with Gasteiger partial charge in [0.25, 0.3) is 0 Å². The minimum Gasteiger partial charge on any atom is -0.457 e. The lowest BCUT2D eigenvalue weighted by molar-refractivity contribution is 0.483. The highest BCUT2D eigenvalue weighted by molar-refractivity contribution is 14.1. The molecule has 0 saturated heterocycles. The zero-order chi connectivity index (χ0) is 19.3. The Morgan fingerprint density at radius 3 is 2.50 bits per heavy atom. The fourth-order valence-electron chi connectivity index (χ4n) is 3.51. The molecule has 0 radical (unpaired) electrons. The smallest absolute Gasteiger partial charge is 0.128 e. The van der Waals surface area contributed by atoms with Gasteiger partial charge in [-0.3, -0.25) is 0 Å². The van der Waals surface area contributed by atoms with E-state index in [1.165, 1.54) is 25.8 Å². The van der Waals surface area contributed by atoms with Gasteiger partial charge in [0.15, 0.2) is 0 Å². The topological polar surface area (TPSA) is 51.0 Å². The second kappa shape index (κ2) is 8.80. The lowest BCUT2D eigenvalue weighted by Crippen LogP contribution is -1.99. The lowest BCUT2D eigenvalue weighted by atomic mass is 10.00. The van der Waals surface area contributed by atoms with Gasteiger partial charge in [0, 0.05) is 20.2 Å². The van der Waals surface area contributed by atoms with Gasteiger partial charge in [-0.15, -0.1) is 0 Å². The summed E-state index contributed by atoms with van der Waals surface area (Å²) >= 11 is 2.36.